The van der Waals surface area contributed by atoms with Crippen molar-refractivity contribution < 1.29 is 9.53 Å². The van der Waals surface area contributed by atoms with Crippen LogP contribution in [0.15, 0.2) is 42.5 Å². The Labute approximate surface area is 164 Å². The molecule has 0 saturated heterocycles. The molecule has 2 atom stereocenters. The number of unbranched alkanes of at least 4 members (excludes halogenated alkanes) is 1. The highest BCUT2D eigenvalue weighted by atomic mass is 35.5. The summed E-state index contributed by atoms with van der Waals surface area (Å²) in [6.45, 7) is 7.10. The molecular formula is C22H28ClO2P. The number of benzene rings is 2. The van der Waals surface area contributed by atoms with Crippen molar-refractivity contribution >= 4 is 31.0 Å². The van der Waals surface area contributed by atoms with E-state index in [1.165, 1.54) is 19.3 Å². The van der Waals surface area contributed by atoms with E-state index in [0.717, 1.165) is 35.2 Å². The summed E-state index contributed by atoms with van der Waals surface area (Å²) in [7, 11) is 0.0182. The largest absolute Gasteiger partial charge is 0.493 e. The first-order valence-corrected chi connectivity index (χ1v) is 10.7. The molecule has 0 aromatic heterocycles. The number of carbonyl (C=O) groups is 1. The van der Waals surface area contributed by atoms with E-state index in [1.54, 1.807) is 0 Å². The van der Waals surface area contributed by atoms with Crippen molar-refractivity contribution in [3.05, 3.63) is 58.6 Å². The Morgan fingerprint density at radius 1 is 1.19 bits per heavy atom. The molecule has 0 amide bonds. The summed E-state index contributed by atoms with van der Waals surface area (Å²) >= 11 is 6.41. The van der Waals surface area contributed by atoms with Gasteiger partial charge in [0, 0.05) is 5.56 Å². The van der Waals surface area contributed by atoms with Crippen LogP contribution in [0.2, 0.25) is 5.02 Å². The van der Waals surface area contributed by atoms with Gasteiger partial charge in [-0.3, -0.25) is 4.79 Å². The van der Waals surface area contributed by atoms with Gasteiger partial charge in [-0.2, -0.15) is 0 Å². The SMILES string of the molecule is CCCCC(CC)COc1ccc(PC(=O)c2ccccc2C)c(Cl)c1. The van der Waals surface area contributed by atoms with Crippen molar-refractivity contribution in [3.8, 4) is 5.75 Å². The third-order valence-electron chi connectivity index (χ3n) is 4.61. The molecule has 140 valence electrons. The monoisotopic (exact) mass is 390 g/mol. The maximum atomic E-state index is 12.5. The summed E-state index contributed by atoms with van der Waals surface area (Å²) in [6, 6.07) is 13.3. The summed E-state index contributed by atoms with van der Waals surface area (Å²) in [6.07, 6.45) is 4.78. The van der Waals surface area contributed by atoms with E-state index < -0.39 is 0 Å². The van der Waals surface area contributed by atoms with Crippen LogP contribution < -0.4 is 10.0 Å². The van der Waals surface area contributed by atoms with Gasteiger partial charge in [0.2, 0.25) is 0 Å². The van der Waals surface area contributed by atoms with Crippen molar-refractivity contribution in [1.82, 2.24) is 0 Å². The molecule has 2 nitrogen and oxygen atoms in total. The minimum atomic E-state index is 0.0182. The fraction of sp³-hybridized carbons (Fsp3) is 0.409. The minimum Gasteiger partial charge on any atom is -0.493 e. The van der Waals surface area contributed by atoms with Gasteiger partial charge >= 0.3 is 0 Å². The average Bonchev–Trinajstić information content (AvgIpc) is 2.64. The molecule has 2 unspecified atom stereocenters. The van der Waals surface area contributed by atoms with Crippen LogP contribution in [0.5, 0.6) is 5.75 Å². The number of aryl methyl sites for hydroxylation is 1. The first-order chi connectivity index (χ1) is 12.5. The highest BCUT2D eigenvalue weighted by Gasteiger charge is 2.13. The van der Waals surface area contributed by atoms with Gasteiger partial charge in [0.25, 0.3) is 0 Å². The van der Waals surface area contributed by atoms with E-state index in [0.29, 0.717) is 10.9 Å². The molecule has 0 radical (unpaired) electrons. The van der Waals surface area contributed by atoms with Gasteiger partial charge in [0.05, 0.1) is 11.6 Å². The zero-order valence-corrected chi connectivity index (χ0v) is 17.6. The quantitative estimate of drug-likeness (QED) is 0.439. The second-order valence-electron chi connectivity index (χ2n) is 6.64. The molecule has 2 aromatic rings. The molecule has 0 heterocycles. The molecule has 0 N–H and O–H groups in total. The van der Waals surface area contributed by atoms with Gasteiger partial charge < -0.3 is 4.74 Å². The minimum absolute atomic E-state index is 0.0182. The van der Waals surface area contributed by atoms with Crippen LogP contribution >= 0.6 is 20.2 Å². The molecule has 0 aliphatic rings. The molecular weight excluding hydrogens is 363 g/mol. The zero-order valence-electron chi connectivity index (χ0n) is 15.8. The van der Waals surface area contributed by atoms with Crippen LogP contribution in [-0.2, 0) is 0 Å². The van der Waals surface area contributed by atoms with Crippen molar-refractivity contribution in [2.75, 3.05) is 6.61 Å². The van der Waals surface area contributed by atoms with E-state index in [4.69, 9.17) is 16.3 Å². The Morgan fingerprint density at radius 2 is 1.96 bits per heavy atom. The van der Waals surface area contributed by atoms with Gasteiger partial charge in [-0.15, -0.1) is 0 Å². The molecule has 4 heteroatoms. The Morgan fingerprint density at radius 3 is 2.62 bits per heavy atom. The van der Waals surface area contributed by atoms with Gasteiger partial charge in [0.1, 0.15) is 5.75 Å². The summed E-state index contributed by atoms with van der Waals surface area (Å²) in [5, 5.41) is 1.47. The van der Waals surface area contributed by atoms with Gasteiger partial charge in [0.15, 0.2) is 5.52 Å². The fourth-order valence-electron chi connectivity index (χ4n) is 2.82. The third-order valence-corrected chi connectivity index (χ3v) is 6.28. The van der Waals surface area contributed by atoms with E-state index in [1.807, 2.05) is 49.4 Å². The summed E-state index contributed by atoms with van der Waals surface area (Å²) in [4.78, 5) is 12.5. The molecule has 0 spiro atoms. The van der Waals surface area contributed by atoms with E-state index in [9.17, 15) is 4.79 Å². The molecule has 0 fully saturated rings. The third kappa shape index (κ3) is 6.11. The number of hydrogen-bond acceptors (Lipinski definition) is 2. The average molecular weight is 391 g/mol. The van der Waals surface area contributed by atoms with Crippen LogP contribution in [0.4, 0.5) is 0 Å². The van der Waals surface area contributed by atoms with Crippen molar-refractivity contribution in [2.24, 2.45) is 5.92 Å². The zero-order chi connectivity index (χ0) is 18.9. The topological polar surface area (TPSA) is 26.3 Å². The summed E-state index contributed by atoms with van der Waals surface area (Å²) in [5.41, 5.74) is 1.88. The summed E-state index contributed by atoms with van der Waals surface area (Å²) < 4.78 is 5.93. The molecule has 0 bridgehead atoms. The van der Waals surface area contributed by atoms with Crippen molar-refractivity contribution in [2.45, 2.75) is 46.5 Å². The lowest BCUT2D eigenvalue weighted by atomic mass is 10.0. The summed E-state index contributed by atoms with van der Waals surface area (Å²) in [5.74, 6) is 1.36. The second kappa shape index (κ2) is 10.7. The van der Waals surface area contributed by atoms with Crippen LogP contribution in [0, 0.1) is 12.8 Å². The standard InChI is InChI=1S/C22H28ClO2P/c1-4-6-10-17(5-2)15-25-18-12-13-21(20(23)14-18)26-22(24)19-11-8-7-9-16(19)3/h7-9,11-14,17,26H,4-6,10,15H2,1-3H3. The van der Waals surface area contributed by atoms with Crippen LogP contribution in [0.25, 0.3) is 0 Å². The predicted molar refractivity (Wildman–Crippen MR) is 114 cm³/mol. The van der Waals surface area contributed by atoms with Crippen LogP contribution in [0.1, 0.15) is 55.5 Å². The molecule has 0 aliphatic heterocycles. The Balaban J connectivity index is 1.98. The number of hydrogen-bond donors (Lipinski definition) is 0. The highest BCUT2D eigenvalue weighted by molar-refractivity contribution is 7.66. The van der Waals surface area contributed by atoms with Crippen molar-refractivity contribution in [3.63, 3.8) is 0 Å². The Hall–Kier alpha value is -1.37. The highest BCUT2D eigenvalue weighted by Crippen LogP contribution is 2.27. The molecule has 0 aliphatic carbocycles. The maximum absolute atomic E-state index is 12.5. The lowest BCUT2D eigenvalue weighted by Gasteiger charge is -2.16. The molecule has 26 heavy (non-hydrogen) atoms. The Kier molecular flexibility index (Phi) is 8.62. The number of ether oxygens (including phenoxy) is 1. The number of carbonyl (C=O) groups excluding carboxylic acids is 1. The number of halogens is 1. The normalized spacial score (nSPS) is 12.5. The molecule has 2 rings (SSSR count). The van der Waals surface area contributed by atoms with Crippen LogP contribution in [0.3, 0.4) is 0 Å². The van der Waals surface area contributed by atoms with Gasteiger partial charge in [-0.05, 0) is 56.9 Å². The molecule has 2 aromatic carbocycles. The predicted octanol–water partition coefficient (Wildman–Crippen LogP) is 6.39. The van der Waals surface area contributed by atoms with Gasteiger partial charge in [-0.1, -0.05) is 69.0 Å². The molecule has 0 saturated carbocycles. The number of rotatable bonds is 10. The lowest BCUT2D eigenvalue weighted by molar-refractivity contribution is 0.108. The Bertz CT molecular complexity index is 730. The van der Waals surface area contributed by atoms with E-state index in [2.05, 4.69) is 13.8 Å². The van der Waals surface area contributed by atoms with E-state index >= 15 is 0 Å². The van der Waals surface area contributed by atoms with Crippen molar-refractivity contribution in [1.29, 1.82) is 0 Å². The first kappa shape index (κ1) is 20.9. The van der Waals surface area contributed by atoms with E-state index in [-0.39, 0.29) is 14.1 Å². The smallest absolute Gasteiger partial charge is 0.185 e. The first-order valence-electron chi connectivity index (χ1n) is 9.34. The van der Waals surface area contributed by atoms with Gasteiger partial charge in [-0.25, -0.2) is 0 Å². The fourth-order valence-corrected chi connectivity index (χ4v) is 4.15. The maximum Gasteiger partial charge on any atom is 0.185 e. The second-order valence-corrected chi connectivity index (χ2v) is 8.29. The lowest BCUT2D eigenvalue weighted by Crippen LogP contribution is -2.12. The van der Waals surface area contributed by atoms with Crippen LogP contribution in [-0.4, -0.2) is 12.1 Å².